The molecule has 0 bridgehead atoms. The molecular weight excluding hydrogens is 274 g/mol. The molecule has 1 amide bonds. The maximum atomic E-state index is 12.5. The third-order valence-electron chi connectivity index (χ3n) is 4.17. The minimum Gasteiger partial charge on any atom is -0.388 e. The Kier molecular flexibility index (Phi) is 3.34. The summed E-state index contributed by atoms with van der Waals surface area (Å²) in [5.41, 5.74) is -0.146. The highest BCUT2D eigenvalue weighted by molar-refractivity contribution is 5.95. The van der Waals surface area contributed by atoms with E-state index in [2.05, 4.69) is 15.5 Å². The van der Waals surface area contributed by atoms with Crippen molar-refractivity contribution in [1.29, 1.82) is 0 Å². The topological polar surface area (TPSA) is 104 Å². The van der Waals surface area contributed by atoms with Gasteiger partial charge in [-0.3, -0.25) is 4.79 Å². The van der Waals surface area contributed by atoms with E-state index in [-0.39, 0.29) is 12.5 Å². The largest absolute Gasteiger partial charge is 0.388 e. The quantitative estimate of drug-likeness (QED) is 0.771. The molecule has 1 aliphatic heterocycles. The number of nitrogens with zero attached hydrogens (tertiary/aromatic N) is 5. The van der Waals surface area contributed by atoms with E-state index in [0.717, 1.165) is 0 Å². The summed E-state index contributed by atoms with van der Waals surface area (Å²) in [5.74, 6) is -0.197. The van der Waals surface area contributed by atoms with Crippen molar-refractivity contribution in [2.75, 3.05) is 13.1 Å². The number of pyridine rings is 1. The third-order valence-corrected chi connectivity index (χ3v) is 4.17. The van der Waals surface area contributed by atoms with Crippen LogP contribution in [0.15, 0.2) is 18.3 Å². The average molecular weight is 291 g/mol. The molecule has 0 saturated carbocycles. The van der Waals surface area contributed by atoms with Crippen molar-refractivity contribution in [1.82, 2.24) is 24.9 Å². The molecule has 2 aromatic heterocycles. The first-order valence-electron chi connectivity index (χ1n) is 6.91. The van der Waals surface area contributed by atoms with Crippen molar-refractivity contribution in [3.05, 3.63) is 23.9 Å². The maximum Gasteiger partial charge on any atom is 0.254 e. The lowest BCUT2D eigenvalue weighted by atomic mass is 9.86. The van der Waals surface area contributed by atoms with Gasteiger partial charge in [-0.05, 0) is 35.4 Å². The standard InChI is InChI=1S/C13H17N5O3/c1-2-13(21)4-6-17(8-10(13)19)12(20)9-3-5-18-11(7-9)14-15-16-18/h3,5,7,10,19,21H,2,4,6,8H2,1H3/t10-,13-/m1/s1. The van der Waals surface area contributed by atoms with E-state index in [1.165, 1.54) is 4.52 Å². The van der Waals surface area contributed by atoms with E-state index in [1.807, 2.05) is 6.92 Å². The van der Waals surface area contributed by atoms with E-state index in [4.69, 9.17) is 0 Å². The highest BCUT2D eigenvalue weighted by Gasteiger charge is 2.40. The zero-order valence-electron chi connectivity index (χ0n) is 11.7. The number of aromatic nitrogens is 4. The van der Waals surface area contributed by atoms with Gasteiger partial charge in [-0.15, -0.1) is 5.10 Å². The number of amides is 1. The van der Waals surface area contributed by atoms with Gasteiger partial charge in [0.15, 0.2) is 5.65 Å². The third kappa shape index (κ3) is 2.36. The molecule has 2 N–H and O–H groups in total. The molecule has 2 aromatic rings. The number of rotatable bonds is 2. The van der Waals surface area contributed by atoms with Crippen LogP contribution >= 0.6 is 0 Å². The number of carbonyl (C=O) groups is 1. The number of β-amino-alcohol motifs (C(OH)–C–C–N with tert-alkyl or cyclic N) is 1. The van der Waals surface area contributed by atoms with Crippen LogP contribution in [0.1, 0.15) is 30.1 Å². The van der Waals surface area contributed by atoms with Gasteiger partial charge in [0.05, 0.1) is 5.60 Å². The first kappa shape index (κ1) is 13.9. The second-order valence-corrected chi connectivity index (χ2v) is 5.37. The van der Waals surface area contributed by atoms with Crippen molar-refractivity contribution >= 4 is 11.6 Å². The van der Waals surface area contributed by atoms with Gasteiger partial charge in [-0.1, -0.05) is 6.92 Å². The number of likely N-dealkylation sites (tertiary alicyclic amines) is 1. The summed E-state index contributed by atoms with van der Waals surface area (Å²) in [5, 5.41) is 31.3. The number of hydrogen-bond donors (Lipinski definition) is 2. The first-order valence-corrected chi connectivity index (χ1v) is 6.91. The molecule has 0 aliphatic carbocycles. The van der Waals surface area contributed by atoms with Gasteiger partial charge in [0.1, 0.15) is 6.10 Å². The molecule has 0 spiro atoms. The Labute approximate surface area is 121 Å². The molecule has 1 aliphatic rings. The molecule has 0 radical (unpaired) electrons. The fourth-order valence-corrected chi connectivity index (χ4v) is 2.62. The van der Waals surface area contributed by atoms with Crippen LogP contribution < -0.4 is 0 Å². The minimum absolute atomic E-state index is 0.124. The zero-order valence-corrected chi connectivity index (χ0v) is 11.7. The number of carbonyl (C=O) groups excluding carboxylic acids is 1. The van der Waals surface area contributed by atoms with Gasteiger partial charge in [-0.2, -0.15) is 0 Å². The molecular formula is C13H17N5O3. The average Bonchev–Trinajstić information content (AvgIpc) is 2.96. The smallest absolute Gasteiger partial charge is 0.254 e. The van der Waals surface area contributed by atoms with Crippen molar-refractivity contribution in [3.63, 3.8) is 0 Å². The van der Waals surface area contributed by atoms with Crippen LogP contribution in [-0.4, -0.2) is 65.9 Å². The second-order valence-electron chi connectivity index (χ2n) is 5.37. The van der Waals surface area contributed by atoms with E-state index >= 15 is 0 Å². The maximum absolute atomic E-state index is 12.5. The van der Waals surface area contributed by atoms with Crippen LogP contribution in [0.2, 0.25) is 0 Å². The number of piperidine rings is 1. The predicted molar refractivity (Wildman–Crippen MR) is 72.6 cm³/mol. The summed E-state index contributed by atoms with van der Waals surface area (Å²) >= 11 is 0. The molecule has 8 nitrogen and oxygen atoms in total. The Bertz CT molecular complexity index is 673. The van der Waals surface area contributed by atoms with Crippen LogP contribution in [0.4, 0.5) is 0 Å². The second kappa shape index (κ2) is 5.05. The molecule has 112 valence electrons. The number of aliphatic hydroxyl groups is 2. The van der Waals surface area contributed by atoms with Gasteiger partial charge < -0.3 is 15.1 Å². The Morgan fingerprint density at radius 2 is 2.38 bits per heavy atom. The summed E-state index contributed by atoms with van der Waals surface area (Å²) in [6.07, 6.45) is 1.52. The van der Waals surface area contributed by atoms with Crippen LogP contribution in [0.3, 0.4) is 0 Å². The molecule has 3 rings (SSSR count). The van der Waals surface area contributed by atoms with Crippen LogP contribution in [-0.2, 0) is 0 Å². The first-order chi connectivity index (χ1) is 10.0. The van der Waals surface area contributed by atoms with Gasteiger partial charge in [-0.25, -0.2) is 4.52 Å². The summed E-state index contributed by atoms with van der Waals surface area (Å²) in [7, 11) is 0. The Balaban J connectivity index is 1.79. The summed E-state index contributed by atoms with van der Waals surface area (Å²) in [6, 6.07) is 3.24. The lowest BCUT2D eigenvalue weighted by Crippen LogP contribution is -2.56. The summed E-state index contributed by atoms with van der Waals surface area (Å²) in [6.45, 7) is 2.36. The van der Waals surface area contributed by atoms with Crippen molar-refractivity contribution < 1.29 is 15.0 Å². The highest BCUT2D eigenvalue weighted by atomic mass is 16.3. The van der Waals surface area contributed by atoms with Gasteiger partial charge in [0, 0.05) is 24.8 Å². The van der Waals surface area contributed by atoms with Crippen LogP contribution in [0, 0.1) is 0 Å². The van der Waals surface area contributed by atoms with Crippen LogP contribution in [0.25, 0.3) is 5.65 Å². The summed E-state index contributed by atoms with van der Waals surface area (Å²) < 4.78 is 1.47. The van der Waals surface area contributed by atoms with E-state index in [0.29, 0.717) is 30.6 Å². The molecule has 0 unspecified atom stereocenters. The molecule has 1 saturated heterocycles. The highest BCUT2D eigenvalue weighted by Crippen LogP contribution is 2.26. The van der Waals surface area contributed by atoms with Gasteiger partial charge in [0.2, 0.25) is 0 Å². The van der Waals surface area contributed by atoms with Crippen molar-refractivity contribution in [2.24, 2.45) is 0 Å². The normalized spacial score (nSPS) is 26.2. The number of tetrazole rings is 1. The van der Waals surface area contributed by atoms with Gasteiger partial charge in [0.25, 0.3) is 5.91 Å². The Morgan fingerprint density at radius 3 is 3.10 bits per heavy atom. The molecule has 21 heavy (non-hydrogen) atoms. The Morgan fingerprint density at radius 1 is 1.57 bits per heavy atom. The van der Waals surface area contributed by atoms with E-state index in [1.54, 1.807) is 23.2 Å². The fraction of sp³-hybridized carbons (Fsp3) is 0.538. The SMILES string of the molecule is CC[C@@]1(O)CCN(C(=O)c2ccn3nnnc3c2)C[C@H]1O. The summed E-state index contributed by atoms with van der Waals surface area (Å²) in [4.78, 5) is 14.0. The minimum atomic E-state index is -1.10. The van der Waals surface area contributed by atoms with Crippen molar-refractivity contribution in [2.45, 2.75) is 31.5 Å². The van der Waals surface area contributed by atoms with E-state index in [9.17, 15) is 15.0 Å². The van der Waals surface area contributed by atoms with Crippen molar-refractivity contribution in [3.8, 4) is 0 Å². The Hall–Kier alpha value is -2.06. The predicted octanol–water partition coefficient (Wildman–Crippen LogP) is -0.528. The molecule has 0 aromatic carbocycles. The number of aliphatic hydroxyl groups excluding tert-OH is 1. The lowest BCUT2D eigenvalue weighted by Gasteiger charge is -2.41. The van der Waals surface area contributed by atoms with Gasteiger partial charge >= 0.3 is 0 Å². The molecule has 1 fully saturated rings. The monoisotopic (exact) mass is 291 g/mol. The van der Waals surface area contributed by atoms with Crippen LogP contribution in [0.5, 0.6) is 0 Å². The van der Waals surface area contributed by atoms with E-state index < -0.39 is 11.7 Å². The zero-order chi connectivity index (χ0) is 15.0. The molecule has 2 atom stereocenters. The number of hydrogen-bond acceptors (Lipinski definition) is 6. The molecule has 8 heteroatoms. The lowest BCUT2D eigenvalue weighted by molar-refractivity contribution is -0.114. The fourth-order valence-electron chi connectivity index (χ4n) is 2.62. The number of fused-ring (bicyclic) bond motifs is 1. The molecule has 3 heterocycles.